The largest absolute Gasteiger partial charge is 0.497 e. The molecule has 7 nitrogen and oxygen atoms in total. The zero-order valence-electron chi connectivity index (χ0n) is 16.1. The van der Waals surface area contributed by atoms with E-state index in [1.54, 1.807) is 61.7 Å². The number of ether oxygens (including phenoxy) is 1. The zero-order chi connectivity index (χ0) is 21.2. The maximum absolute atomic E-state index is 12.0. The summed E-state index contributed by atoms with van der Waals surface area (Å²) in [5.74, 6) is -0.648. The number of methoxy groups -OCH3 is 1. The summed E-state index contributed by atoms with van der Waals surface area (Å²) in [5.41, 5.74) is 6.17. The summed E-state index contributed by atoms with van der Waals surface area (Å²) in [5, 5.41) is 3.10. The molecule has 2 aromatic carbocycles. The highest BCUT2D eigenvalue weighted by molar-refractivity contribution is 6.30. The van der Waals surface area contributed by atoms with E-state index in [4.69, 9.17) is 16.3 Å². The van der Waals surface area contributed by atoms with E-state index in [0.717, 1.165) is 16.9 Å². The lowest BCUT2D eigenvalue weighted by Crippen LogP contribution is -2.51. The van der Waals surface area contributed by atoms with Gasteiger partial charge < -0.3 is 10.1 Å². The summed E-state index contributed by atoms with van der Waals surface area (Å²) in [6.07, 6.45) is 3.03. The van der Waals surface area contributed by atoms with Crippen LogP contribution in [0.2, 0.25) is 5.02 Å². The van der Waals surface area contributed by atoms with Crippen molar-refractivity contribution in [1.29, 1.82) is 0 Å². The average molecular weight is 416 g/mol. The third-order valence-corrected chi connectivity index (χ3v) is 4.15. The van der Waals surface area contributed by atoms with Crippen LogP contribution in [0.3, 0.4) is 0 Å². The van der Waals surface area contributed by atoms with Crippen molar-refractivity contribution in [3.8, 4) is 5.75 Å². The van der Waals surface area contributed by atoms with E-state index in [1.165, 1.54) is 13.0 Å². The Balaban J connectivity index is 1.75. The number of carbonyl (C=O) groups is 3. The minimum Gasteiger partial charge on any atom is -0.497 e. The van der Waals surface area contributed by atoms with Crippen molar-refractivity contribution >= 4 is 35.4 Å². The lowest BCUT2D eigenvalue weighted by Gasteiger charge is -2.13. The van der Waals surface area contributed by atoms with Gasteiger partial charge >= 0.3 is 0 Å². The van der Waals surface area contributed by atoms with Gasteiger partial charge in [0.15, 0.2) is 0 Å². The van der Waals surface area contributed by atoms with Crippen LogP contribution in [0, 0.1) is 0 Å². The van der Waals surface area contributed by atoms with Crippen molar-refractivity contribution in [2.45, 2.75) is 19.4 Å². The zero-order valence-corrected chi connectivity index (χ0v) is 16.8. The van der Waals surface area contributed by atoms with Crippen LogP contribution >= 0.6 is 11.6 Å². The summed E-state index contributed by atoms with van der Waals surface area (Å²) >= 11 is 5.79. The number of benzene rings is 2. The number of hydrogen-bond acceptors (Lipinski definition) is 4. The van der Waals surface area contributed by atoms with Crippen LogP contribution in [0.25, 0.3) is 6.08 Å². The first kappa shape index (κ1) is 22.0. The lowest BCUT2D eigenvalue weighted by molar-refractivity contribution is -0.130. The summed E-state index contributed by atoms with van der Waals surface area (Å²) < 4.78 is 5.07. The maximum Gasteiger partial charge on any atom is 0.260 e. The van der Waals surface area contributed by atoms with Gasteiger partial charge in [0.1, 0.15) is 11.8 Å². The van der Waals surface area contributed by atoms with Crippen LogP contribution in [0.15, 0.2) is 54.6 Å². The van der Waals surface area contributed by atoms with Gasteiger partial charge in [-0.25, -0.2) is 0 Å². The Morgan fingerprint density at radius 2 is 1.69 bits per heavy atom. The summed E-state index contributed by atoms with van der Waals surface area (Å²) in [7, 11) is 1.57. The fraction of sp³-hybridized carbons (Fsp3) is 0.190. The standard InChI is InChI=1S/C21H22ClN3O4/c1-14(23-19(26)12-7-15-5-10-18(29-2)11-6-15)21(28)25-24-20(27)13-16-3-8-17(22)9-4-16/h3-12,14H,13H2,1-2H3,(H,23,26)(H,24,27)(H,25,28)/b12-7+. The minimum atomic E-state index is -0.834. The number of rotatable bonds is 7. The van der Waals surface area contributed by atoms with E-state index in [-0.39, 0.29) is 6.42 Å². The van der Waals surface area contributed by atoms with E-state index < -0.39 is 23.8 Å². The van der Waals surface area contributed by atoms with Gasteiger partial charge in [-0.15, -0.1) is 0 Å². The molecular weight excluding hydrogens is 394 g/mol. The first-order chi connectivity index (χ1) is 13.9. The Labute approximate surface area is 174 Å². The second kappa shape index (κ2) is 10.9. The van der Waals surface area contributed by atoms with Crippen LogP contribution in [-0.2, 0) is 20.8 Å². The predicted molar refractivity (Wildman–Crippen MR) is 111 cm³/mol. The normalized spacial score (nSPS) is 11.6. The van der Waals surface area contributed by atoms with Crippen molar-refractivity contribution in [1.82, 2.24) is 16.2 Å². The maximum atomic E-state index is 12.0. The molecule has 29 heavy (non-hydrogen) atoms. The summed E-state index contributed by atoms with van der Waals surface area (Å²) in [4.78, 5) is 35.9. The molecule has 1 atom stereocenters. The second-order valence-corrected chi connectivity index (χ2v) is 6.61. The van der Waals surface area contributed by atoms with Gasteiger partial charge in [0.05, 0.1) is 13.5 Å². The van der Waals surface area contributed by atoms with E-state index in [1.807, 2.05) is 0 Å². The topological polar surface area (TPSA) is 96.5 Å². The average Bonchev–Trinajstić information content (AvgIpc) is 2.72. The van der Waals surface area contributed by atoms with Crippen LogP contribution < -0.4 is 20.9 Å². The van der Waals surface area contributed by atoms with Crippen molar-refractivity contribution in [2.24, 2.45) is 0 Å². The molecule has 3 N–H and O–H groups in total. The van der Waals surface area contributed by atoms with Gasteiger partial charge in [0, 0.05) is 11.1 Å². The quantitative estimate of drug-likeness (QED) is 0.477. The molecule has 0 aliphatic rings. The van der Waals surface area contributed by atoms with Crippen LogP contribution in [0.4, 0.5) is 0 Å². The van der Waals surface area contributed by atoms with Gasteiger partial charge in [-0.2, -0.15) is 0 Å². The molecule has 0 aliphatic heterocycles. The van der Waals surface area contributed by atoms with E-state index in [0.29, 0.717) is 5.02 Å². The van der Waals surface area contributed by atoms with Gasteiger partial charge in [-0.3, -0.25) is 25.2 Å². The number of carbonyl (C=O) groups excluding carboxylic acids is 3. The first-order valence-corrected chi connectivity index (χ1v) is 9.21. The lowest BCUT2D eigenvalue weighted by atomic mass is 10.1. The molecule has 1 unspecified atom stereocenters. The molecule has 2 rings (SSSR count). The molecule has 2 aromatic rings. The van der Waals surface area contributed by atoms with Crippen LogP contribution in [-0.4, -0.2) is 30.9 Å². The molecule has 3 amide bonds. The van der Waals surface area contributed by atoms with E-state index in [9.17, 15) is 14.4 Å². The summed E-state index contributed by atoms with van der Waals surface area (Å²) in [6, 6.07) is 13.1. The number of nitrogens with one attached hydrogen (secondary N) is 3. The summed E-state index contributed by atoms with van der Waals surface area (Å²) in [6.45, 7) is 1.51. The second-order valence-electron chi connectivity index (χ2n) is 6.18. The van der Waals surface area contributed by atoms with Crippen molar-refractivity contribution in [3.63, 3.8) is 0 Å². The fourth-order valence-electron chi connectivity index (χ4n) is 2.29. The fourth-order valence-corrected chi connectivity index (χ4v) is 2.41. The highest BCUT2D eigenvalue weighted by atomic mass is 35.5. The number of amides is 3. The molecule has 8 heteroatoms. The number of hydrazine groups is 1. The van der Waals surface area contributed by atoms with Gasteiger partial charge in [-0.05, 0) is 48.4 Å². The van der Waals surface area contributed by atoms with Crippen molar-refractivity contribution in [2.75, 3.05) is 7.11 Å². The van der Waals surface area contributed by atoms with Crippen molar-refractivity contribution < 1.29 is 19.1 Å². The molecule has 0 heterocycles. The molecule has 0 radical (unpaired) electrons. The van der Waals surface area contributed by atoms with Gasteiger partial charge in [0.2, 0.25) is 11.8 Å². The third-order valence-electron chi connectivity index (χ3n) is 3.90. The third kappa shape index (κ3) is 7.67. The molecule has 0 saturated heterocycles. The van der Waals surface area contributed by atoms with E-state index >= 15 is 0 Å². The van der Waals surface area contributed by atoms with Gasteiger partial charge in [0.25, 0.3) is 5.91 Å². The molecule has 0 spiro atoms. The highest BCUT2D eigenvalue weighted by Crippen LogP contribution is 2.12. The Hall–Kier alpha value is -3.32. The Morgan fingerprint density at radius 3 is 2.31 bits per heavy atom. The SMILES string of the molecule is COc1ccc(/C=C/C(=O)NC(C)C(=O)NNC(=O)Cc2ccc(Cl)cc2)cc1. The molecule has 0 bridgehead atoms. The molecular formula is C21H22ClN3O4. The minimum absolute atomic E-state index is 0.0861. The number of hydrogen-bond donors (Lipinski definition) is 3. The molecule has 0 aromatic heterocycles. The van der Waals surface area contributed by atoms with Gasteiger partial charge in [-0.1, -0.05) is 35.9 Å². The Morgan fingerprint density at radius 1 is 1.03 bits per heavy atom. The number of halogens is 1. The Kier molecular flexibility index (Phi) is 8.24. The monoisotopic (exact) mass is 415 g/mol. The van der Waals surface area contributed by atoms with Crippen molar-refractivity contribution in [3.05, 3.63) is 70.8 Å². The molecule has 152 valence electrons. The molecule has 0 fully saturated rings. The van der Waals surface area contributed by atoms with E-state index in [2.05, 4.69) is 16.2 Å². The predicted octanol–water partition coefficient (Wildman–Crippen LogP) is 2.26. The smallest absolute Gasteiger partial charge is 0.260 e. The van der Waals surface area contributed by atoms with Crippen LogP contribution in [0.1, 0.15) is 18.1 Å². The first-order valence-electron chi connectivity index (χ1n) is 8.83. The molecule has 0 saturated carbocycles. The van der Waals surface area contributed by atoms with Crippen LogP contribution in [0.5, 0.6) is 5.75 Å². The molecule has 0 aliphatic carbocycles. The highest BCUT2D eigenvalue weighted by Gasteiger charge is 2.15. The Bertz CT molecular complexity index is 880.